The van der Waals surface area contributed by atoms with Crippen LogP contribution in [0, 0.1) is 5.92 Å². The summed E-state index contributed by atoms with van der Waals surface area (Å²) < 4.78 is 7.79. The number of imidazole rings is 1. The molecule has 1 atom stereocenters. The Labute approximate surface area is 260 Å². The number of nitrogens with zero attached hydrogens (tertiary/aromatic N) is 3. The van der Waals surface area contributed by atoms with E-state index in [0.29, 0.717) is 24.6 Å². The number of unbranched alkanes of at least 4 members (excludes halogenated alkanes) is 1. The number of carbonyl (C=O) groups excluding carboxylic acids is 1. The summed E-state index contributed by atoms with van der Waals surface area (Å²) in [4.78, 5) is 31.4. The third-order valence-corrected chi connectivity index (χ3v) is 7.82. The van der Waals surface area contributed by atoms with Crippen LogP contribution in [0.1, 0.15) is 62.8 Å². The minimum atomic E-state index is -1.38. The van der Waals surface area contributed by atoms with E-state index in [2.05, 4.69) is 54.5 Å². The molecule has 0 fully saturated rings. The van der Waals surface area contributed by atoms with Crippen LogP contribution in [0.2, 0.25) is 0 Å². The Kier molecular flexibility index (Phi) is 11.3. The third-order valence-electron chi connectivity index (χ3n) is 7.82. The Balaban J connectivity index is 1.80. The lowest BCUT2D eigenvalue weighted by molar-refractivity contribution is -0.142. The van der Waals surface area contributed by atoms with Crippen molar-refractivity contribution in [1.82, 2.24) is 14.5 Å². The number of carboxylic acid groups (broad SMARTS) is 1. The van der Waals surface area contributed by atoms with Gasteiger partial charge in [0.25, 0.3) is 0 Å². The van der Waals surface area contributed by atoms with Gasteiger partial charge in [0.2, 0.25) is 5.91 Å². The summed E-state index contributed by atoms with van der Waals surface area (Å²) >= 11 is 0. The lowest BCUT2D eigenvalue weighted by Gasteiger charge is -2.25. The maximum absolute atomic E-state index is 12.0. The number of carboxylic acids is 1. The van der Waals surface area contributed by atoms with E-state index < -0.39 is 17.8 Å². The zero-order valence-corrected chi connectivity index (χ0v) is 26.2. The Hall–Kier alpha value is -4.43. The number of methoxy groups -OCH3 is 1. The minimum Gasteiger partial charge on any atom is -0.497 e. The van der Waals surface area contributed by atoms with Crippen molar-refractivity contribution in [2.45, 2.75) is 65.6 Å². The minimum absolute atomic E-state index is 0.393. The highest BCUT2D eigenvalue weighted by Crippen LogP contribution is 2.32. The monoisotopic (exact) mass is 596 g/mol. The van der Waals surface area contributed by atoms with Crippen LogP contribution in [0.25, 0.3) is 22.6 Å². The summed E-state index contributed by atoms with van der Waals surface area (Å²) in [5.41, 5.74) is 10.9. The molecule has 4 rings (SSSR count). The number of rotatable bonds is 16. The number of hydrogen-bond acceptors (Lipinski definition) is 5. The molecule has 0 aliphatic carbocycles. The fraction of sp³-hybridized carbons (Fsp3) is 0.361. The van der Waals surface area contributed by atoms with Crippen LogP contribution in [0.5, 0.6) is 5.75 Å². The number of amides is 1. The topological polar surface area (TPSA) is 111 Å². The SMILES string of the molecule is CCCCn1c(-c2ccccc2)nc(-c2ccc(OC)cc2)c1CN(CCC(C)C)Cc1cccc(C(C(N)=O)C(=O)O)c1. The standard InChI is InChI=1S/C36H44N4O4/c1-5-6-20-40-31(33(27-15-17-30(44-4)18-16-27)38-35(40)28-12-8-7-9-13-28)24-39(21-19-25(2)3)23-26-11-10-14-29(22-26)32(34(37)41)36(42)43/h7-18,22,25,32H,5-6,19-21,23-24H2,1-4H3,(H2,37,41)(H,42,43). The van der Waals surface area contributed by atoms with E-state index in [1.54, 1.807) is 25.3 Å². The van der Waals surface area contributed by atoms with E-state index >= 15 is 0 Å². The highest BCUT2D eigenvalue weighted by atomic mass is 16.5. The molecule has 0 saturated heterocycles. The van der Waals surface area contributed by atoms with E-state index in [-0.39, 0.29) is 0 Å². The van der Waals surface area contributed by atoms with Gasteiger partial charge >= 0.3 is 5.97 Å². The van der Waals surface area contributed by atoms with E-state index in [0.717, 1.165) is 72.0 Å². The van der Waals surface area contributed by atoms with Crippen molar-refractivity contribution in [2.75, 3.05) is 13.7 Å². The molecular weight excluding hydrogens is 552 g/mol. The number of ether oxygens (including phenoxy) is 1. The summed E-state index contributed by atoms with van der Waals surface area (Å²) in [6.45, 7) is 9.51. The van der Waals surface area contributed by atoms with Crippen molar-refractivity contribution < 1.29 is 19.4 Å². The van der Waals surface area contributed by atoms with E-state index in [1.807, 2.05) is 36.4 Å². The molecular formula is C36H44N4O4. The lowest BCUT2D eigenvalue weighted by atomic mass is 9.96. The summed E-state index contributed by atoms with van der Waals surface area (Å²) in [5, 5.41) is 9.65. The molecule has 0 spiro atoms. The number of benzene rings is 3. The van der Waals surface area contributed by atoms with E-state index in [9.17, 15) is 14.7 Å². The molecule has 3 N–H and O–H groups in total. The van der Waals surface area contributed by atoms with Crippen LogP contribution in [0.4, 0.5) is 0 Å². The van der Waals surface area contributed by atoms with Gasteiger partial charge in [0, 0.05) is 30.8 Å². The summed E-state index contributed by atoms with van der Waals surface area (Å²) in [5.74, 6) is -1.27. The van der Waals surface area contributed by atoms with Crippen molar-refractivity contribution >= 4 is 11.9 Å². The molecule has 0 bridgehead atoms. The molecule has 4 aromatic rings. The van der Waals surface area contributed by atoms with Gasteiger partial charge in [-0.2, -0.15) is 0 Å². The summed E-state index contributed by atoms with van der Waals surface area (Å²) in [6, 6.07) is 25.6. The first kappa shape index (κ1) is 32.5. The van der Waals surface area contributed by atoms with Crippen molar-refractivity contribution in [3.8, 4) is 28.4 Å². The maximum Gasteiger partial charge on any atom is 0.320 e. The molecule has 0 aliphatic rings. The number of hydrogen-bond donors (Lipinski definition) is 2. The molecule has 8 heteroatoms. The molecule has 44 heavy (non-hydrogen) atoms. The molecule has 8 nitrogen and oxygen atoms in total. The predicted molar refractivity (Wildman–Crippen MR) is 174 cm³/mol. The first-order valence-electron chi connectivity index (χ1n) is 15.3. The van der Waals surface area contributed by atoms with Gasteiger partial charge in [0.15, 0.2) is 5.92 Å². The Morgan fingerprint density at radius 3 is 2.32 bits per heavy atom. The number of primary amides is 1. The zero-order chi connectivity index (χ0) is 31.6. The van der Waals surface area contributed by atoms with Crippen LogP contribution < -0.4 is 10.5 Å². The highest BCUT2D eigenvalue weighted by Gasteiger charge is 2.27. The maximum atomic E-state index is 12.0. The summed E-state index contributed by atoms with van der Waals surface area (Å²) in [7, 11) is 1.66. The molecule has 1 amide bonds. The van der Waals surface area contributed by atoms with Crippen LogP contribution >= 0.6 is 0 Å². The molecule has 1 heterocycles. The zero-order valence-electron chi connectivity index (χ0n) is 26.2. The lowest BCUT2D eigenvalue weighted by Crippen LogP contribution is -2.29. The fourth-order valence-electron chi connectivity index (χ4n) is 5.42. The average molecular weight is 597 g/mol. The molecule has 0 radical (unpaired) electrons. The van der Waals surface area contributed by atoms with Crippen molar-refractivity contribution in [3.05, 3.63) is 95.7 Å². The molecule has 232 valence electrons. The van der Waals surface area contributed by atoms with Crippen LogP contribution in [0.15, 0.2) is 78.9 Å². The number of carbonyl (C=O) groups is 2. The Morgan fingerprint density at radius 2 is 1.70 bits per heavy atom. The third kappa shape index (κ3) is 8.14. The largest absolute Gasteiger partial charge is 0.497 e. The molecule has 1 aromatic heterocycles. The van der Waals surface area contributed by atoms with Crippen molar-refractivity contribution in [1.29, 1.82) is 0 Å². The number of nitrogens with two attached hydrogens (primary N) is 1. The first-order valence-corrected chi connectivity index (χ1v) is 15.3. The quantitative estimate of drug-likeness (QED) is 0.139. The first-order chi connectivity index (χ1) is 21.2. The van der Waals surface area contributed by atoms with Gasteiger partial charge in [0.05, 0.1) is 18.5 Å². The fourth-order valence-corrected chi connectivity index (χ4v) is 5.42. The second kappa shape index (κ2) is 15.3. The van der Waals surface area contributed by atoms with Gasteiger partial charge in [0.1, 0.15) is 11.6 Å². The van der Waals surface area contributed by atoms with Crippen LogP contribution in [0.3, 0.4) is 0 Å². The van der Waals surface area contributed by atoms with Gasteiger partial charge in [-0.25, -0.2) is 4.98 Å². The second-order valence-electron chi connectivity index (χ2n) is 11.6. The predicted octanol–water partition coefficient (Wildman–Crippen LogP) is 6.73. The van der Waals surface area contributed by atoms with Crippen molar-refractivity contribution in [2.24, 2.45) is 11.7 Å². The molecule has 3 aromatic carbocycles. The van der Waals surface area contributed by atoms with Crippen LogP contribution in [-0.2, 0) is 29.2 Å². The molecule has 1 unspecified atom stereocenters. The number of aromatic nitrogens is 2. The van der Waals surface area contributed by atoms with E-state index in [1.165, 1.54) is 0 Å². The Morgan fingerprint density at radius 1 is 0.977 bits per heavy atom. The highest BCUT2D eigenvalue weighted by molar-refractivity contribution is 6.01. The second-order valence-corrected chi connectivity index (χ2v) is 11.6. The van der Waals surface area contributed by atoms with Crippen molar-refractivity contribution in [3.63, 3.8) is 0 Å². The molecule has 0 saturated carbocycles. The van der Waals surface area contributed by atoms with Gasteiger partial charge in [-0.05, 0) is 60.7 Å². The Bertz CT molecular complexity index is 1520. The van der Waals surface area contributed by atoms with Gasteiger partial charge in [-0.3, -0.25) is 14.5 Å². The van der Waals surface area contributed by atoms with Gasteiger partial charge in [-0.15, -0.1) is 0 Å². The average Bonchev–Trinajstić information content (AvgIpc) is 3.36. The van der Waals surface area contributed by atoms with Crippen LogP contribution in [-0.4, -0.2) is 45.1 Å². The molecule has 0 aliphatic heterocycles. The van der Waals surface area contributed by atoms with E-state index in [4.69, 9.17) is 15.5 Å². The van der Waals surface area contributed by atoms with Gasteiger partial charge < -0.3 is 20.1 Å². The number of aliphatic carboxylic acids is 1. The van der Waals surface area contributed by atoms with Gasteiger partial charge in [-0.1, -0.05) is 81.8 Å². The smallest absolute Gasteiger partial charge is 0.320 e. The summed E-state index contributed by atoms with van der Waals surface area (Å²) in [6.07, 6.45) is 3.06. The normalized spacial score (nSPS) is 12.0.